The van der Waals surface area contributed by atoms with Gasteiger partial charge in [0, 0.05) is 22.8 Å². The van der Waals surface area contributed by atoms with E-state index >= 15 is 0 Å². The van der Waals surface area contributed by atoms with Crippen molar-refractivity contribution >= 4 is 23.1 Å². The van der Waals surface area contributed by atoms with E-state index in [1.807, 2.05) is 25.1 Å². The van der Waals surface area contributed by atoms with Crippen LogP contribution in [0.5, 0.6) is 0 Å². The molecule has 4 nitrogen and oxygen atoms in total. The van der Waals surface area contributed by atoms with Crippen molar-refractivity contribution in [2.45, 2.75) is 38.6 Å². The largest absolute Gasteiger partial charge is 0.465 e. The second-order valence-corrected chi connectivity index (χ2v) is 5.56. The third kappa shape index (κ3) is 2.58. The molecular weight excluding hydrogens is 264 g/mol. The molecule has 1 aliphatic heterocycles. The van der Waals surface area contributed by atoms with Crippen LogP contribution >= 0.6 is 0 Å². The summed E-state index contributed by atoms with van der Waals surface area (Å²) in [7, 11) is 0. The number of carbonyl (C=O) groups excluding carboxylic acids is 1. The minimum absolute atomic E-state index is 0.173. The Morgan fingerprint density at radius 3 is 3.05 bits per heavy atom. The van der Waals surface area contributed by atoms with Gasteiger partial charge in [0.1, 0.15) is 5.92 Å². The molecule has 0 fully saturated rings. The van der Waals surface area contributed by atoms with Crippen LogP contribution in [0.25, 0.3) is 10.9 Å². The third-order valence-electron chi connectivity index (χ3n) is 3.85. The van der Waals surface area contributed by atoms with Crippen LogP contribution in [-0.2, 0) is 16.0 Å². The van der Waals surface area contributed by atoms with Gasteiger partial charge in [-0.05, 0) is 31.4 Å². The van der Waals surface area contributed by atoms with E-state index in [2.05, 4.69) is 23.0 Å². The average Bonchev–Trinajstić information content (AvgIpc) is 2.75. The highest BCUT2D eigenvalue weighted by Crippen LogP contribution is 2.31. The van der Waals surface area contributed by atoms with Gasteiger partial charge >= 0.3 is 5.97 Å². The summed E-state index contributed by atoms with van der Waals surface area (Å²) in [5, 5.41) is 1.18. The van der Waals surface area contributed by atoms with Crippen molar-refractivity contribution in [3.63, 3.8) is 0 Å². The molecule has 21 heavy (non-hydrogen) atoms. The Balaban J connectivity index is 2.06. The molecule has 0 aliphatic carbocycles. The fourth-order valence-electron chi connectivity index (χ4n) is 2.83. The number of hydrogen-bond acceptors (Lipinski definition) is 3. The first-order valence-electron chi connectivity index (χ1n) is 7.50. The van der Waals surface area contributed by atoms with Crippen LogP contribution in [0.3, 0.4) is 0 Å². The predicted octanol–water partition coefficient (Wildman–Crippen LogP) is 3.22. The molecule has 0 saturated carbocycles. The van der Waals surface area contributed by atoms with Gasteiger partial charge in [0.05, 0.1) is 12.6 Å². The van der Waals surface area contributed by atoms with Crippen molar-refractivity contribution in [3.8, 4) is 0 Å². The van der Waals surface area contributed by atoms with Crippen LogP contribution in [0.15, 0.2) is 29.3 Å². The lowest BCUT2D eigenvalue weighted by atomic mass is 9.98. The quantitative estimate of drug-likeness (QED) is 0.880. The average molecular weight is 284 g/mol. The number of ether oxygens (including phenoxy) is 1. The number of hydrogen-bond donors (Lipinski definition) is 1. The Morgan fingerprint density at radius 1 is 1.43 bits per heavy atom. The van der Waals surface area contributed by atoms with E-state index in [1.54, 1.807) is 6.21 Å². The third-order valence-corrected chi connectivity index (χ3v) is 3.85. The SMILES string of the molecule is CCCOC(=O)C1C=NC(C)Cc2c1[nH]c1ccccc21. The van der Waals surface area contributed by atoms with Crippen molar-refractivity contribution < 1.29 is 9.53 Å². The van der Waals surface area contributed by atoms with Gasteiger partial charge in [-0.2, -0.15) is 0 Å². The summed E-state index contributed by atoms with van der Waals surface area (Å²) in [6.07, 6.45) is 3.41. The summed E-state index contributed by atoms with van der Waals surface area (Å²) >= 11 is 0. The lowest BCUT2D eigenvalue weighted by Crippen LogP contribution is -2.18. The highest BCUT2D eigenvalue weighted by Gasteiger charge is 2.29. The molecular formula is C17H20N2O2. The van der Waals surface area contributed by atoms with Gasteiger partial charge in [0.2, 0.25) is 0 Å². The first kappa shape index (κ1) is 13.9. The summed E-state index contributed by atoms with van der Waals surface area (Å²) in [5.74, 6) is -0.647. The van der Waals surface area contributed by atoms with E-state index in [0.29, 0.717) is 6.61 Å². The Kier molecular flexibility index (Phi) is 3.78. The number of carbonyl (C=O) groups is 1. The number of aliphatic imine (C=N–C) groups is 1. The van der Waals surface area contributed by atoms with Crippen molar-refractivity contribution in [2.75, 3.05) is 6.61 Å². The van der Waals surface area contributed by atoms with Crippen molar-refractivity contribution in [2.24, 2.45) is 4.99 Å². The standard InChI is InChI=1S/C17H20N2O2/c1-3-8-21-17(20)14-10-18-11(2)9-13-12-6-4-5-7-15(12)19-16(13)14/h4-7,10-11,14,19H,3,8-9H2,1-2H3. The minimum atomic E-state index is -0.427. The van der Waals surface area contributed by atoms with E-state index in [1.165, 1.54) is 10.9 Å². The van der Waals surface area contributed by atoms with Gasteiger partial charge in [-0.1, -0.05) is 25.1 Å². The number of nitrogens with one attached hydrogen (secondary N) is 1. The smallest absolute Gasteiger partial charge is 0.320 e. The van der Waals surface area contributed by atoms with Crippen LogP contribution in [0.4, 0.5) is 0 Å². The van der Waals surface area contributed by atoms with Gasteiger partial charge in [-0.3, -0.25) is 9.79 Å². The van der Waals surface area contributed by atoms with Gasteiger partial charge in [-0.15, -0.1) is 0 Å². The summed E-state index contributed by atoms with van der Waals surface area (Å²) in [4.78, 5) is 20.2. The zero-order chi connectivity index (χ0) is 14.8. The summed E-state index contributed by atoms with van der Waals surface area (Å²) in [5.41, 5.74) is 3.19. The number of H-pyrrole nitrogens is 1. The van der Waals surface area contributed by atoms with E-state index in [0.717, 1.165) is 24.1 Å². The number of nitrogens with zero attached hydrogens (tertiary/aromatic N) is 1. The maximum Gasteiger partial charge on any atom is 0.320 e. The fraction of sp³-hybridized carbons (Fsp3) is 0.412. The fourth-order valence-corrected chi connectivity index (χ4v) is 2.83. The number of fused-ring (bicyclic) bond motifs is 3. The van der Waals surface area contributed by atoms with Gasteiger partial charge < -0.3 is 9.72 Å². The highest BCUT2D eigenvalue weighted by molar-refractivity contribution is 5.99. The normalized spacial score (nSPS) is 21.0. The van der Waals surface area contributed by atoms with E-state index < -0.39 is 5.92 Å². The zero-order valence-corrected chi connectivity index (χ0v) is 12.4. The van der Waals surface area contributed by atoms with Crippen molar-refractivity contribution in [1.29, 1.82) is 0 Å². The minimum Gasteiger partial charge on any atom is -0.465 e. The molecule has 2 atom stereocenters. The van der Waals surface area contributed by atoms with Crippen LogP contribution in [0.2, 0.25) is 0 Å². The van der Waals surface area contributed by atoms with Gasteiger partial charge in [0.15, 0.2) is 0 Å². The predicted molar refractivity (Wildman–Crippen MR) is 83.9 cm³/mol. The number of aromatic amines is 1. The first-order chi connectivity index (χ1) is 10.2. The molecule has 0 amide bonds. The number of rotatable bonds is 3. The zero-order valence-electron chi connectivity index (χ0n) is 12.4. The molecule has 1 aromatic heterocycles. The van der Waals surface area contributed by atoms with Crippen molar-refractivity contribution in [3.05, 3.63) is 35.5 Å². The number of esters is 1. The van der Waals surface area contributed by atoms with Crippen LogP contribution in [0, 0.1) is 0 Å². The Hall–Kier alpha value is -2.10. The molecule has 2 heterocycles. The van der Waals surface area contributed by atoms with Crippen LogP contribution in [-0.4, -0.2) is 29.8 Å². The maximum atomic E-state index is 12.3. The molecule has 0 bridgehead atoms. The molecule has 0 radical (unpaired) electrons. The molecule has 0 spiro atoms. The summed E-state index contributed by atoms with van der Waals surface area (Å²) in [6, 6.07) is 8.33. The lowest BCUT2D eigenvalue weighted by Gasteiger charge is -2.10. The number of para-hydroxylation sites is 1. The van der Waals surface area contributed by atoms with E-state index in [9.17, 15) is 4.79 Å². The first-order valence-corrected chi connectivity index (χ1v) is 7.50. The topological polar surface area (TPSA) is 54.4 Å². The molecule has 4 heteroatoms. The van der Waals surface area contributed by atoms with Gasteiger partial charge in [0.25, 0.3) is 0 Å². The molecule has 1 aliphatic rings. The summed E-state index contributed by atoms with van der Waals surface area (Å²) in [6.45, 7) is 4.51. The Bertz CT molecular complexity index is 687. The highest BCUT2D eigenvalue weighted by atomic mass is 16.5. The second kappa shape index (κ2) is 5.72. The Morgan fingerprint density at radius 2 is 2.24 bits per heavy atom. The summed E-state index contributed by atoms with van der Waals surface area (Å²) < 4.78 is 5.32. The molecule has 0 saturated heterocycles. The van der Waals surface area contributed by atoms with E-state index in [4.69, 9.17) is 4.74 Å². The number of aromatic nitrogens is 1. The Labute approximate surface area is 124 Å². The molecule has 3 rings (SSSR count). The van der Waals surface area contributed by atoms with Crippen molar-refractivity contribution in [1.82, 2.24) is 4.98 Å². The molecule has 110 valence electrons. The lowest BCUT2D eigenvalue weighted by molar-refractivity contribution is -0.143. The van der Waals surface area contributed by atoms with Crippen LogP contribution in [0.1, 0.15) is 37.4 Å². The second-order valence-electron chi connectivity index (χ2n) is 5.56. The molecule has 2 unspecified atom stereocenters. The molecule has 2 aromatic rings. The maximum absolute atomic E-state index is 12.3. The molecule has 1 aromatic carbocycles. The monoisotopic (exact) mass is 284 g/mol. The van der Waals surface area contributed by atoms with Gasteiger partial charge in [-0.25, -0.2) is 0 Å². The van der Waals surface area contributed by atoms with E-state index in [-0.39, 0.29) is 12.0 Å². The number of benzene rings is 1. The van der Waals surface area contributed by atoms with Crippen LogP contribution < -0.4 is 0 Å². The molecule has 1 N–H and O–H groups in total.